The number of ether oxygens (including phenoxy) is 2. The Bertz CT molecular complexity index is 1360. The highest BCUT2D eigenvalue weighted by Gasteiger charge is 2.38. The molecule has 0 radical (unpaired) electrons. The van der Waals surface area contributed by atoms with Gasteiger partial charge >= 0.3 is 6.18 Å². The van der Waals surface area contributed by atoms with Crippen LogP contribution >= 0.6 is 0 Å². The molecule has 1 unspecified atom stereocenters. The molecule has 13 heteroatoms. The van der Waals surface area contributed by atoms with Gasteiger partial charge in [0.1, 0.15) is 5.56 Å². The first kappa shape index (κ1) is 24.9. The quantitative estimate of drug-likeness (QED) is 0.461. The maximum atomic E-state index is 14.3. The molecule has 0 bridgehead atoms. The molecular weight excluding hydrogens is 480 g/mol. The smallest absolute Gasteiger partial charge is 0.435 e. The van der Waals surface area contributed by atoms with Gasteiger partial charge in [0.15, 0.2) is 17.3 Å². The van der Waals surface area contributed by atoms with Gasteiger partial charge in [0.25, 0.3) is 11.8 Å². The maximum Gasteiger partial charge on any atom is 0.435 e. The summed E-state index contributed by atoms with van der Waals surface area (Å²) in [5.41, 5.74) is -2.63. The molecule has 1 aromatic heterocycles. The molecule has 180 valence electrons. The minimum absolute atomic E-state index is 0.0588. The van der Waals surface area contributed by atoms with Crippen molar-refractivity contribution in [3.8, 4) is 17.4 Å². The number of halogens is 4. The number of alkyl halides is 3. The number of nitrogens with one attached hydrogen (secondary N) is 2. The average Bonchev–Trinajstić information content (AvgIpc) is 2.73. The lowest BCUT2D eigenvalue weighted by Crippen LogP contribution is -2.21. The summed E-state index contributed by atoms with van der Waals surface area (Å²) < 4.78 is 84.7. The first-order chi connectivity index (χ1) is 15.8. The van der Waals surface area contributed by atoms with Crippen molar-refractivity contribution in [2.45, 2.75) is 18.0 Å². The van der Waals surface area contributed by atoms with Gasteiger partial charge in [-0.2, -0.15) is 13.2 Å². The summed E-state index contributed by atoms with van der Waals surface area (Å²) in [4.78, 5) is 13.2. The second-order valence-corrected chi connectivity index (χ2v) is 9.21. The molecule has 1 heterocycles. The topological polar surface area (TPSA) is 114 Å². The number of amides is 1. The molecule has 0 saturated carbocycles. The highest BCUT2D eigenvalue weighted by molar-refractivity contribution is 7.91. The van der Waals surface area contributed by atoms with Crippen LogP contribution in [-0.4, -0.2) is 33.7 Å². The van der Waals surface area contributed by atoms with Gasteiger partial charge in [0.05, 0.1) is 16.8 Å². The van der Waals surface area contributed by atoms with Crippen LogP contribution in [0.15, 0.2) is 47.4 Å². The Morgan fingerprint density at radius 1 is 1.15 bits per heavy atom. The van der Waals surface area contributed by atoms with Crippen molar-refractivity contribution in [1.29, 1.82) is 4.78 Å². The lowest BCUT2D eigenvalue weighted by atomic mass is 10.1. The molecule has 2 aromatic carbocycles. The van der Waals surface area contributed by atoms with E-state index in [4.69, 9.17) is 14.3 Å². The van der Waals surface area contributed by atoms with E-state index in [2.05, 4.69) is 15.5 Å². The molecule has 1 amide bonds. The van der Waals surface area contributed by atoms with Gasteiger partial charge in [-0.3, -0.25) is 4.79 Å². The second kappa shape index (κ2) is 9.25. The Balaban J connectivity index is 2.12. The van der Waals surface area contributed by atoms with Gasteiger partial charge in [0, 0.05) is 16.8 Å². The monoisotopic (exact) mass is 498 g/mol. The molecular formula is C21H18F4N4O4S. The fraction of sp³-hybridized carbons (Fsp3) is 0.190. The fourth-order valence-corrected chi connectivity index (χ4v) is 3.65. The molecule has 2 N–H and O–H groups in total. The summed E-state index contributed by atoms with van der Waals surface area (Å²) in [7, 11) is -1.90. The summed E-state index contributed by atoms with van der Waals surface area (Å²) in [5, 5.41) is 8.88. The third-order valence-corrected chi connectivity index (χ3v) is 5.73. The van der Waals surface area contributed by atoms with E-state index in [-0.39, 0.29) is 16.3 Å². The predicted molar refractivity (Wildman–Crippen MR) is 114 cm³/mol. The van der Waals surface area contributed by atoms with E-state index in [1.165, 1.54) is 49.8 Å². The molecule has 8 nitrogen and oxygen atoms in total. The molecule has 0 aliphatic carbocycles. The molecule has 0 aliphatic heterocycles. The van der Waals surface area contributed by atoms with Gasteiger partial charge < -0.3 is 14.8 Å². The van der Waals surface area contributed by atoms with Crippen LogP contribution in [0.3, 0.4) is 0 Å². The standard InChI is InChI=1S/C21H18F4N4O4S/c1-11-16(19(30)27-12-6-4-7-13(10-12)34(3,26)31)20(29-28-18(11)21(23,24)25)33-17-14(22)8-5-9-15(17)32-2/h4-10,26H,1-3H3,(H,27,30). The fourth-order valence-electron chi connectivity index (χ4n) is 2.96. The Labute approximate surface area is 191 Å². The van der Waals surface area contributed by atoms with Gasteiger partial charge in [-0.1, -0.05) is 12.1 Å². The molecule has 34 heavy (non-hydrogen) atoms. The third-order valence-electron chi connectivity index (χ3n) is 4.57. The number of hydrogen-bond donors (Lipinski definition) is 2. The van der Waals surface area contributed by atoms with Crippen molar-refractivity contribution < 1.29 is 36.0 Å². The van der Waals surface area contributed by atoms with Gasteiger partial charge in [-0.05, 0) is 42.8 Å². The Kier molecular flexibility index (Phi) is 6.77. The maximum absolute atomic E-state index is 14.3. The lowest BCUT2D eigenvalue weighted by Gasteiger charge is -2.17. The molecule has 0 aliphatic rings. The van der Waals surface area contributed by atoms with E-state index in [9.17, 15) is 26.6 Å². The highest BCUT2D eigenvalue weighted by Crippen LogP contribution is 2.38. The van der Waals surface area contributed by atoms with Crippen LogP contribution in [0.2, 0.25) is 0 Å². The van der Waals surface area contributed by atoms with Gasteiger partial charge in [-0.15, -0.1) is 10.2 Å². The zero-order chi connectivity index (χ0) is 25.3. The summed E-state index contributed by atoms with van der Waals surface area (Å²) in [6.45, 7) is 0.997. The number of carbonyl (C=O) groups excluding carboxylic acids is 1. The summed E-state index contributed by atoms with van der Waals surface area (Å²) >= 11 is 0. The Morgan fingerprint density at radius 3 is 2.44 bits per heavy atom. The van der Waals surface area contributed by atoms with Crippen molar-refractivity contribution in [1.82, 2.24) is 10.2 Å². The van der Waals surface area contributed by atoms with E-state index in [1.807, 2.05) is 0 Å². The van der Waals surface area contributed by atoms with E-state index in [0.29, 0.717) is 0 Å². The number of aromatic nitrogens is 2. The normalized spacial score (nSPS) is 13.1. The van der Waals surface area contributed by atoms with Crippen molar-refractivity contribution >= 4 is 21.3 Å². The van der Waals surface area contributed by atoms with E-state index >= 15 is 0 Å². The minimum Gasteiger partial charge on any atom is -0.493 e. The van der Waals surface area contributed by atoms with Crippen LogP contribution in [0.1, 0.15) is 21.6 Å². The first-order valence-electron chi connectivity index (χ1n) is 9.43. The second-order valence-electron chi connectivity index (χ2n) is 7.05. The molecule has 0 fully saturated rings. The largest absolute Gasteiger partial charge is 0.493 e. The number of nitrogens with zero attached hydrogens (tertiary/aromatic N) is 2. The van der Waals surface area contributed by atoms with Crippen LogP contribution in [-0.2, 0) is 15.9 Å². The number of benzene rings is 2. The number of carbonyl (C=O) groups is 1. The van der Waals surface area contributed by atoms with Crippen molar-refractivity contribution in [2.24, 2.45) is 0 Å². The number of hydrogen-bond acceptors (Lipinski definition) is 7. The van der Waals surface area contributed by atoms with E-state index in [0.717, 1.165) is 13.0 Å². The van der Waals surface area contributed by atoms with Crippen LogP contribution in [0, 0.1) is 17.5 Å². The lowest BCUT2D eigenvalue weighted by molar-refractivity contribution is -0.142. The molecule has 0 spiro atoms. The first-order valence-corrected chi connectivity index (χ1v) is 11.4. The van der Waals surface area contributed by atoms with E-state index in [1.54, 1.807) is 0 Å². The van der Waals surface area contributed by atoms with Crippen LogP contribution < -0.4 is 14.8 Å². The number of methoxy groups -OCH3 is 1. The number of anilines is 1. The third kappa shape index (κ3) is 5.25. The minimum atomic E-state index is -4.93. The predicted octanol–water partition coefficient (Wildman–Crippen LogP) is 5.03. The van der Waals surface area contributed by atoms with E-state index < -0.39 is 56.1 Å². The molecule has 3 rings (SSSR count). The average molecular weight is 498 g/mol. The Hall–Kier alpha value is -3.74. The van der Waals surface area contributed by atoms with Crippen LogP contribution in [0.4, 0.5) is 23.2 Å². The van der Waals surface area contributed by atoms with Crippen molar-refractivity contribution in [3.63, 3.8) is 0 Å². The highest BCUT2D eigenvalue weighted by atomic mass is 32.2. The number of para-hydroxylation sites is 1. The van der Waals surface area contributed by atoms with Crippen molar-refractivity contribution in [3.05, 3.63) is 65.1 Å². The molecule has 1 atom stereocenters. The summed E-state index contributed by atoms with van der Waals surface area (Å²) in [6.07, 6.45) is -3.76. The zero-order valence-electron chi connectivity index (χ0n) is 18.0. The molecule has 0 saturated heterocycles. The molecule has 3 aromatic rings. The summed E-state index contributed by atoms with van der Waals surface area (Å²) in [6, 6.07) is 9.16. The SMILES string of the molecule is COc1cccc(F)c1Oc1nnc(C(F)(F)F)c(C)c1C(=O)Nc1cccc(S(C)(=N)=O)c1. The van der Waals surface area contributed by atoms with Gasteiger partial charge in [0.2, 0.25) is 5.75 Å². The summed E-state index contributed by atoms with van der Waals surface area (Å²) in [5.74, 6) is -3.28. The zero-order valence-corrected chi connectivity index (χ0v) is 18.8. The van der Waals surface area contributed by atoms with Crippen LogP contribution in [0.5, 0.6) is 17.4 Å². The van der Waals surface area contributed by atoms with Crippen molar-refractivity contribution in [2.75, 3.05) is 18.7 Å². The Morgan fingerprint density at radius 2 is 1.82 bits per heavy atom. The van der Waals surface area contributed by atoms with Crippen LogP contribution in [0.25, 0.3) is 0 Å². The van der Waals surface area contributed by atoms with Gasteiger partial charge in [-0.25, -0.2) is 13.4 Å². The number of rotatable bonds is 6.